The van der Waals surface area contributed by atoms with Crippen molar-refractivity contribution in [2.45, 2.75) is 37.2 Å². The van der Waals surface area contributed by atoms with E-state index >= 15 is 0 Å². The number of benzene rings is 1. The summed E-state index contributed by atoms with van der Waals surface area (Å²) in [6.07, 6.45) is 0.171. The van der Waals surface area contributed by atoms with Gasteiger partial charge in [-0.1, -0.05) is 17.7 Å². The molecule has 0 saturated carbocycles. The summed E-state index contributed by atoms with van der Waals surface area (Å²) in [7, 11) is 0. The molecule has 1 fully saturated rings. The van der Waals surface area contributed by atoms with E-state index in [9.17, 15) is 14.7 Å². The SMILES string of the molecule is Cc1ccc(C)c(SCC(=O)N2CCC(O)(C(=O)O)CC2)c1. The van der Waals surface area contributed by atoms with Crippen LogP contribution in [0.5, 0.6) is 0 Å². The van der Waals surface area contributed by atoms with E-state index in [0.717, 1.165) is 16.0 Å². The van der Waals surface area contributed by atoms with Crippen molar-refractivity contribution in [3.05, 3.63) is 29.3 Å². The van der Waals surface area contributed by atoms with Crippen molar-refractivity contribution in [3.8, 4) is 0 Å². The highest BCUT2D eigenvalue weighted by Crippen LogP contribution is 2.26. The maximum atomic E-state index is 12.2. The summed E-state index contributed by atoms with van der Waals surface area (Å²) in [6.45, 7) is 4.60. The van der Waals surface area contributed by atoms with E-state index in [1.807, 2.05) is 26.0 Å². The Morgan fingerprint density at radius 2 is 1.91 bits per heavy atom. The van der Waals surface area contributed by atoms with Crippen LogP contribution >= 0.6 is 11.8 Å². The third-order valence-corrected chi connectivity index (χ3v) is 5.18. The smallest absolute Gasteiger partial charge is 0.335 e. The lowest BCUT2D eigenvalue weighted by molar-refractivity contribution is -0.165. The molecule has 1 aromatic carbocycles. The van der Waals surface area contributed by atoms with E-state index in [2.05, 4.69) is 6.07 Å². The van der Waals surface area contributed by atoms with Gasteiger partial charge in [0.1, 0.15) is 0 Å². The molecule has 1 saturated heterocycles. The van der Waals surface area contributed by atoms with Crippen molar-refractivity contribution < 1.29 is 19.8 Å². The minimum absolute atomic E-state index is 0.0154. The summed E-state index contributed by atoms with van der Waals surface area (Å²) >= 11 is 1.50. The van der Waals surface area contributed by atoms with Gasteiger partial charge in [0, 0.05) is 30.8 Å². The topological polar surface area (TPSA) is 77.8 Å². The second kappa shape index (κ2) is 6.71. The van der Waals surface area contributed by atoms with Crippen molar-refractivity contribution in [1.29, 1.82) is 0 Å². The number of likely N-dealkylation sites (tertiary alicyclic amines) is 1. The van der Waals surface area contributed by atoms with Crippen molar-refractivity contribution in [3.63, 3.8) is 0 Å². The Morgan fingerprint density at radius 1 is 1.27 bits per heavy atom. The summed E-state index contributed by atoms with van der Waals surface area (Å²) in [4.78, 5) is 25.9. The van der Waals surface area contributed by atoms with Gasteiger partial charge in [0.25, 0.3) is 0 Å². The Bertz CT molecular complexity index is 580. The molecule has 1 aliphatic heterocycles. The molecule has 120 valence electrons. The van der Waals surface area contributed by atoms with Gasteiger partial charge >= 0.3 is 5.97 Å². The normalized spacial score (nSPS) is 17.3. The maximum absolute atomic E-state index is 12.2. The second-order valence-corrected chi connectivity index (χ2v) is 6.79. The number of carboxylic acids is 1. The lowest BCUT2D eigenvalue weighted by Gasteiger charge is -2.35. The van der Waals surface area contributed by atoms with Crippen molar-refractivity contribution in [1.82, 2.24) is 4.90 Å². The zero-order chi connectivity index (χ0) is 16.3. The molecule has 0 spiro atoms. The van der Waals surface area contributed by atoms with Crippen LogP contribution in [0.4, 0.5) is 0 Å². The number of rotatable bonds is 4. The van der Waals surface area contributed by atoms with Crippen LogP contribution < -0.4 is 0 Å². The molecule has 22 heavy (non-hydrogen) atoms. The molecular weight excluding hydrogens is 302 g/mol. The number of hydrogen-bond acceptors (Lipinski definition) is 4. The van der Waals surface area contributed by atoms with Crippen LogP contribution in [0, 0.1) is 13.8 Å². The van der Waals surface area contributed by atoms with E-state index in [4.69, 9.17) is 5.11 Å². The molecule has 2 N–H and O–H groups in total. The molecule has 1 heterocycles. The Labute approximate surface area is 134 Å². The predicted octanol–water partition coefficient (Wildman–Crippen LogP) is 1.83. The van der Waals surface area contributed by atoms with E-state index < -0.39 is 11.6 Å². The van der Waals surface area contributed by atoms with Crippen LogP contribution in [-0.4, -0.2) is 51.4 Å². The zero-order valence-electron chi connectivity index (χ0n) is 12.8. The lowest BCUT2D eigenvalue weighted by atomic mass is 9.92. The fourth-order valence-corrected chi connectivity index (χ4v) is 3.46. The van der Waals surface area contributed by atoms with Gasteiger partial charge < -0.3 is 15.1 Å². The Morgan fingerprint density at radius 3 is 2.50 bits per heavy atom. The van der Waals surface area contributed by atoms with Crippen LogP contribution in [0.2, 0.25) is 0 Å². The van der Waals surface area contributed by atoms with Crippen molar-refractivity contribution in [2.75, 3.05) is 18.8 Å². The predicted molar refractivity (Wildman–Crippen MR) is 85.0 cm³/mol. The first kappa shape index (κ1) is 16.8. The molecule has 5 nitrogen and oxygen atoms in total. The number of amides is 1. The van der Waals surface area contributed by atoms with Gasteiger partial charge in [-0.15, -0.1) is 11.8 Å². The highest BCUT2D eigenvalue weighted by atomic mass is 32.2. The number of hydrogen-bond donors (Lipinski definition) is 2. The number of carboxylic acid groups (broad SMARTS) is 1. The molecule has 0 radical (unpaired) electrons. The van der Waals surface area contributed by atoms with Crippen molar-refractivity contribution >= 4 is 23.6 Å². The molecule has 2 rings (SSSR count). The number of aliphatic hydroxyl groups is 1. The lowest BCUT2D eigenvalue weighted by Crippen LogP contribution is -2.51. The van der Waals surface area contributed by atoms with Crippen LogP contribution in [0.25, 0.3) is 0 Å². The standard InChI is InChI=1S/C16H21NO4S/c1-11-3-4-12(2)13(9-11)22-10-14(18)17-7-5-16(21,6-8-17)15(19)20/h3-4,9,21H,5-8,10H2,1-2H3,(H,19,20). The molecule has 1 aromatic rings. The highest BCUT2D eigenvalue weighted by Gasteiger charge is 2.40. The number of aliphatic carboxylic acids is 1. The Balaban J connectivity index is 1.89. The average molecular weight is 323 g/mol. The molecule has 1 aliphatic rings. The number of nitrogens with zero attached hydrogens (tertiary/aromatic N) is 1. The fraction of sp³-hybridized carbons (Fsp3) is 0.500. The summed E-state index contributed by atoms with van der Waals surface area (Å²) in [5.41, 5.74) is 0.615. The fourth-order valence-electron chi connectivity index (χ4n) is 2.43. The first-order valence-electron chi connectivity index (χ1n) is 7.25. The Hall–Kier alpha value is -1.53. The second-order valence-electron chi connectivity index (χ2n) is 5.78. The highest BCUT2D eigenvalue weighted by molar-refractivity contribution is 8.00. The first-order valence-corrected chi connectivity index (χ1v) is 8.24. The zero-order valence-corrected chi connectivity index (χ0v) is 13.7. The Kier molecular flexibility index (Phi) is 5.13. The van der Waals surface area contributed by atoms with Crippen LogP contribution in [0.15, 0.2) is 23.1 Å². The molecule has 0 aliphatic carbocycles. The van der Waals surface area contributed by atoms with Gasteiger partial charge in [-0.05, 0) is 25.5 Å². The van der Waals surface area contributed by atoms with E-state index in [1.165, 1.54) is 11.8 Å². The number of carbonyl (C=O) groups excluding carboxylic acids is 1. The maximum Gasteiger partial charge on any atom is 0.335 e. The van der Waals surface area contributed by atoms with Crippen molar-refractivity contribution in [2.24, 2.45) is 0 Å². The third kappa shape index (κ3) is 3.81. The van der Waals surface area contributed by atoms with Gasteiger partial charge in [0.15, 0.2) is 5.60 Å². The third-order valence-electron chi connectivity index (χ3n) is 4.04. The number of piperidine rings is 1. The monoisotopic (exact) mass is 323 g/mol. The molecule has 0 bridgehead atoms. The molecule has 1 amide bonds. The molecule has 0 aromatic heterocycles. The largest absolute Gasteiger partial charge is 0.479 e. The molecular formula is C16H21NO4S. The van der Waals surface area contributed by atoms with Gasteiger partial charge in [-0.25, -0.2) is 4.79 Å². The van der Waals surface area contributed by atoms with E-state index in [1.54, 1.807) is 4.90 Å². The van der Waals surface area contributed by atoms with Gasteiger partial charge in [0.2, 0.25) is 5.91 Å². The van der Waals surface area contributed by atoms with Gasteiger partial charge in [0.05, 0.1) is 5.75 Å². The summed E-state index contributed by atoms with van der Waals surface area (Å²) in [6, 6.07) is 6.14. The van der Waals surface area contributed by atoms with E-state index in [-0.39, 0.29) is 31.8 Å². The molecule has 0 atom stereocenters. The van der Waals surface area contributed by atoms with Crippen LogP contribution in [-0.2, 0) is 9.59 Å². The minimum atomic E-state index is -1.68. The number of thioether (sulfide) groups is 1. The van der Waals surface area contributed by atoms with Crippen LogP contribution in [0.3, 0.4) is 0 Å². The van der Waals surface area contributed by atoms with Gasteiger partial charge in [-0.3, -0.25) is 4.79 Å². The summed E-state index contributed by atoms with van der Waals surface area (Å²) in [5.74, 6) is -0.891. The van der Waals surface area contributed by atoms with Crippen LogP contribution in [0.1, 0.15) is 24.0 Å². The minimum Gasteiger partial charge on any atom is -0.479 e. The number of carbonyl (C=O) groups is 2. The average Bonchev–Trinajstić information content (AvgIpc) is 2.48. The molecule has 6 heteroatoms. The number of aryl methyl sites for hydroxylation is 2. The first-order chi connectivity index (χ1) is 10.3. The van der Waals surface area contributed by atoms with Gasteiger partial charge in [-0.2, -0.15) is 0 Å². The summed E-state index contributed by atoms with van der Waals surface area (Å²) in [5, 5.41) is 18.9. The summed E-state index contributed by atoms with van der Waals surface area (Å²) < 4.78 is 0. The quantitative estimate of drug-likeness (QED) is 0.827. The van der Waals surface area contributed by atoms with E-state index in [0.29, 0.717) is 5.75 Å². The molecule has 0 unspecified atom stereocenters.